The topological polar surface area (TPSA) is 135 Å². The quantitative estimate of drug-likeness (QED) is 0.318. The zero-order valence-electron chi connectivity index (χ0n) is 18.9. The van der Waals surface area contributed by atoms with Crippen molar-refractivity contribution in [2.24, 2.45) is 5.92 Å². The van der Waals surface area contributed by atoms with Crippen LogP contribution in [0, 0.1) is 16.7 Å². The van der Waals surface area contributed by atoms with Gasteiger partial charge in [0.2, 0.25) is 11.8 Å². The molecule has 2 atom stereocenters. The smallest absolute Gasteiger partial charge is 0.271 e. The minimum Gasteiger partial charge on any atom is -0.350 e. The number of nitrogens with one attached hydrogen (secondary N) is 5. The second-order valence-corrected chi connectivity index (χ2v) is 8.17. The van der Waals surface area contributed by atoms with Crippen molar-refractivity contribution in [3.05, 3.63) is 71.8 Å². The SMILES string of the molecule is CC(C)C[C@H](NC(=O)C(Cc1ccccc1)NC(=O)C(=N)C=N)C(=O)NCc1ccccc1. The van der Waals surface area contributed by atoms with Gasteiger partial charge in [0, 0.05) is 19.2 Å². The Labute approximate surface area is 194 Å². The number of rotatable bonds is 12. The Morgan fingerprint density at radius 2 is 1.42 bits per heavy atom. The normalized spacial score (nSPS) is 12.3. The van der Waals surface area contributed by atoms with E-state index in [4.69, 9.17) is 10.8 Å². The van der Waals surface area contributed by atoms with Crippen LogP contribution in [-0.4, -0.2) is 41.7 Å². The molecule has 0 aliphatic heterocycles. The fourth-order valence-corrected chi connectivity index (χ4v) is 3.24. The molecular weight excluding hydrogens is 418 g/mol. The van der Waals surface area contributed by atoms with Crippen molar-refractivity contribution >= 4 is 29.6 Å². The Morgan fingerprint density at radius 1 is 0.848 bits per heavy atom. The first-order valence-corrected chi connectivity index (χ1v) is 10.9. The molecule has 0 aliphatic rings. The first-order valence-electron chi connectivity index (χ1n) is 10.9. The van der Waals surface area contributed by atoms with E-state index in [0.717, 1.165) is 11.1 Å². The van der Waals surface area contributed by atoms with Crippen LogP contribution in [0.3, 0.4) is 0 Å². The van der Waals surface area contributed by atoms with Crippen LogP contribution in [0.4, 0.5) is 0 Å². The van der Waals surface area contributed by atoms with E-state index in [1.54, 1.807) is 0 Å². The number of amides is 3. The Bertz CT molecular complexity index is 961. The number of hydrogen-bond acceptors (Lipinski definition) is 5. The molecular formula is C25H31N5O3. The molecule has 2 aromatic carbocycles. The van der Waals surface area contributed by atoms with Gasteiger partial charge in [-0.05, 0) is 23.5 Å². The van der Waals surface area contributed by atoms with Gasteiger partial charge in [0.05, 0.1) is 0 Å². The lowest BCUT2D eigenvalue weighted by molar-refractivity contribution is -0.131. The summed E-state index contributed by atoms with van der Waals surface area (Å²) >= 11 is 0. The standard InChI is InChI=1S/C25H31N5O3/c1-17(2)13-21(24(32)28-16-19-11-7-4-8-12-19)30-25(33)22(29-23(31)20(27)15-26)14-18-9-5-3-6-10-18/h3-12,15,17,21-22,26-27H,13-14,16H2,1-2H3,(H,28,32)(H,29,31)(H,30,33)/t21-,22?/m0/s1. The summed E-state index contributed by atoms with van der Waals surface area (Å²) in [5.41, 5.74) is 1.20. The van der Waals surface area contributed by atoms with Crippen LogP contribution in [0.1, 0.15) is 31.4 Å². The number of carbonyl (C=O) groups is 3. The van der Waals surface area contributed by atoms with Gasteiger partial charge in [0.1, 0.15) is 17.8 Å². The maximum absolute atomic E-state index is 13.1. The molecule has 2 rings (SSSR count). The predicted octanol–water partition coefficient (Wildman–Crippen LogP) is 2.23. The summed E-state index contributed by atoms with van der Waals surface area (Å²) in [4.78, 5) is 38.2. The predicted molar refractivity (Wildman–Crippen MR) is 128 cm³/mol. The molecule has 174 valence electrons. The van der Waals surface area contributed by atoms with Gasteiger partial charge in [0.15, 0.2) is 0 Å². The lowest BCUT2D eigenvalue weighted by Crippen LogP contribution is -2.55. The highest BCUT2D eigenvalue weighted by Crippen LogP contribution is 2.09. The second-order valence-electron chi connectivity index (χ2n) is 8.17. The molecule has 0 heterocycles. The fraction of sp³-hybridized carbons (Fsp3) is 0.320. The summed E-state index contributed by atoms with van der Waals surface area (Å²) in [6.07, 6.45) is 1.23. The van der Waals surface area contributed by atoms with Crippen LogP contribution in [0.2, 0.25) is 0 Å². The van der Waals surface area contributed by atoms with E-state index in [1.807, 2.05) is 74.5 Å². The zero-order valence-corrected chi connectivity index (χ0v) is 18.9. The van der Waals surface area contributed by atoms with Crippen molar-refractivity contribution in [2.45, 2.75) is 45.3 Å². The van der Waals surface area contributed by atoms with Gasteiger partial charge >= 0.3 is 0 Å². The van der Waals surface area contributed by atoms with Crippen LogP contribution < -0.4 is 16.0 Å². The van der Waals surface area contributed by atoms with Crippen molar-refractivity contribution in [3.63, 3.8) is 0 Å². The monoisotopic (exact) mass is 449 g/mol. The maximum Gasteiger partial charge on any atom is 0.271 e. The van der Waals surface area contributed by atoms with E-state index in [1.165, 1.54) is 0 Å². The average molecular weight is 450 g/mol. The van der Waals surface area contributed by atoms with Crippen LogP contribution in [0.25, 0.3) is 0 Å². The molecule has 0 aliphatic carbocycles. The summed E-state index contributed by atoms with van der Waals surface area (Å²) in [6, 6.07) is 16.8. The van der Waals surface area contributed by atoms with Gasteiger partial charge in [-0.2, -0.15) is 0 Å². The van der Waals surface area contributed by atoms with Crippen LogP contribution in [-0.2, 0) is 27.3 Å². The Hall–Kier alpha value is -3.81. The minimum absolute atomic E-state index is 0.144. The number of benzene rings is 2. The van der Waals surface area contributed by atoms with E-state index < -0.39 is 29.6 Å². The van der Waals surface area contributed by atoms with Crippen LogP contribution in [0.15, 0.2) is 60.7 Å². The molecule has 8 nitrogen and oxygen atoms in total. The Kier molecular flexibility index (Phi) is 9.95. The highest BCUT2D eigenvalue weighted by atomic mass is 16.2. The highest BCUT2D eigenvalue weighted by Gasteiger charge is 2.28. The van der Waals surface area contributed by atoms with E-state index in [0.29, 0.717) is 19.2 Å². The van der Waals surface area contributed by atoms with Gasteiger partial charge in [0.25, 0.3) is 5.91 Å². The van der Waals surface area contributed by atoms with Gasteiger partial charge in [-0.25, -0.2) is 0 Å². The van der Waals surface area contributed by atoms with Gasteiger partial charge < -0.3 is 21.4 Å². The van der Waals surface area contributed by atoms with Gasteiger partial charge in [-0.15, -0.1) is 0 Å². The van der Waals surface area contributed by atoms with E-state index >= 15 is 0 Å². The number of carbonyl (C=O) groups excluding carboxylic acids is 3. The Balaban J connectivity index is 2.14. The summed E-state index contributed by atoms with van der Waals surface area (Å²) in [6.45, 7) is 4.25. The van der Waals surface area contributed by atoms with Crippen LogP contribution >= 0.6 is 0 Å². The lowest BCUT2D eigenvalue weighted by Gasteiger charge is -2.24. The Morgan fingerprint density at radius 3 is 1.97 bits per heavy atom. The molecule has 5 N–H and O–H groups in total. The third-order valence-electron chi connectivity index (χ3n) is 4.94. The first-order chi connectivity index (χ1) is 15.8. The van der Waals surface area contributed by atoms with Gasteiger partial charge in [-0.3, -0.25) is 19.8 Å². The first kappa shape index (κ1) is 25.5. The van der Waals surface area contributed by atoms with E-state index in [-0.39, 0.29) is 18.2 Å². The highest BCUT2D eigenvalue weighted by molar-refractivity contribution is 6.59. The molecule has 0 saturated carbocycles. The van der Waals surface area contributed by atoms with Crippen molar-refractivity contribution in [3.8, 4) is 0 Å². The zero-order chi connectivity index (χ0) is 24.2. The second kappa shape index (κ2) is 12.9. The third kappa shape index (κ3) is 8.68. The largest absolute Gasteiger partial charge is 0.350 e. The molecule has 8 heteroatoms. The summed E-state index contributed by atoms with van der Waals surface area (Å²) in [5.74, 6) is -1.51. The molecule has 33 heavy (non-hydrogen) atoms. The molecule has 0 spiro atoms. The minimum atomic E-state index is -1.00. The van der Waals surface area contributed by atoms with Crippen molar-refractivity contribution in [2.75, 3.05) is 0 Å². The summed E-state index contributed by atoms with van der Waals surface area (Å²) in [5, 5.41) is 22.8. The third-order valence-corrected chi connectivity index (χ3v) is 4.94. The maximum atomic E-state index is 13.1. The van der Waals surface area contributed by atoms with E-state index in [9.17, 15) is 14.4 Å². The molecule has 0 radical (unpaired) electrons. The molecule has 1 unspecified atom stereocenters. The molecule has 3 amide bonds. The lowest BCUT2D eigenvalue weighted by atomic mass is 10.0. The molecule has 0 fully saturated rings. The fourth-order valence-electron chi connectivity index (χ4n) is 3.24. The number of hydrogen-bond donors (Lipinski definition) is 5. The summed E-state index contributed by atoms with van der Waals surface area (Å²) < 4.78 is 0. The van der Waals surface area contributed by atoms with Crippen molar-refractivity contribution in [1.29, 1.82) is 10.8 Å². The molecule has 0 bridgehead atoms. The molecule has 0 aromatic heterocycles. The average Bonchev–Trinajstić information content (AvgIpc) is 2.82. The van der Waals surface area contributed by atoms with Crippen LogP contribution in [0.5, 0.6) is 0 Å². The molecule has 2 aromatic rings. The van der Waals surface area contributed by atoms with Gasteiger partial charge in [-0.1, -0.05) is 74.5 Å². The van der Waals surface area contributed by atoms with Crippen molar-refractivity contribution in [1.82, 2.24) is 16.0 Å². The molecule has 0 saturated heterocycles. The van der Waals surface area contributed by atoms with Crippen molar-refractivity contribution < 1.29 is 14.4 Å². The van der Waals surface area contributed by atoms with E-state index in [2.05, 4.69) is 16.0 Å². The summed E-state index contributed by atoms with van der Waals surface area (Å²) in [7, 11) is 0.